The number of hydrogen-bond donors (Lipinski definition) is 2. The van der Waals surface area contributed by atoms with Gasteiger partial charge in [-0.15, -0.1) is 0 Å². The minimum atomic E-state index is -0.307. The van der Waals surface area contributed by atoms with Crippen LogP contribution in [0.25, 0.3) is 0 Å². The summed E-state index contributed by atoms with van der Waals surface area (Å²) in [7, 11) is 0. The van der Waals surface area contributed by atoms with Gasteiger partial charge >= 0.3 is 6.03 Å². The number of anilines is 1. The summed E-state index contributed by atoms with van der Waals surface area (Å²) in [5, 5.41) is 11.8. The SMILES string of the molecule is N#Cc1cccc(NC(=O)N2CCc3nc(Cc4ccccc4)[nH]c(=O)c3C2)c1. The van der Waals surface area contributed by atoms with E-state index in [1.807, 2.05) is 36.4 Å². The Morgan fingerprint density at radius 1 is 1.21 bits per heavy atom. The zero-order valence-corrected chi connectivity index (χ0v) is 15.7. The van der Waals surface area contributed by atoms with Gasteiger partial charge in [0, 0.05) is 25.1 Å². The van der Waals surface area contributed by atoms with Crippen molar-refractivity contribution in [3.63, 3.8) is 0 Å². The number of benzene rings is 2. The number of nitrogens with zero attached hydrogens (tertiary/aromatic N) is 3. The van der Waals surface area contributed by atoms with Crippen molar-refractivity contribution >= 4 is 11.7 Å². The second kappa shape index (κ2) is 7.98. The van der Waals surface area contributed by atoms with Crippen molar-refractivity contribution in [1.29, 1.82) is 5.26 Å². The lowest BCUT2D eigenvalue weighted by Gasteiger charge is -2.28. The second-order valence-electron chi connectivity index (χ2n) is 6.89. The third-order valence-electron chi connectivity index (χ3n) is 4.86. The first-order chi connectivity index (χ1) is 14.1. The Hall–Kier alpha value is -3.92. The smallest absolute Gasteiger partial charge is 0.320 e. The average molecular weight is 385 g/mol. The highest BCUT2D eigenvalue weighted by atomic mass is 16.2. The summed E-state index contributed by atoms with van der Waals surface area (Å²) in [6.07, 6.45) is 1.08. The minimum Gasteiger partial charge on any atom is -0.320 e. The van der Waals surface area contributed by atoms with E-state index in [2.05, 4.69) is 15.3 Å². The maximum absolute atomic E-state index is 12.6. The van der Waals surface area contributed by atoms with E-state index in [1.165, 1.54) is 0 Å². The van der Waals surface area contributed by atoms with Gasteiger partial charge in [0.15, 0.2) is 0 Å². The number of aromatic amines is 1. The molecule has 2 amide bonds. The van der Waals surface area contributed by atoms with Crippen molar-refractivity contribution < 1.29 is 4.79 Å². The van der Waals surface area contributed by atoms with Crippen LogP contribution < -0.4 is 10.9 Å². The van der Waals surface area contributed by atoms with Gasteiger partial charge in [-0.2, -0.15) is 5.26 Å². The Balaban J connectivity index is 1.49. The van der Waals surface area contributed by atoms with E-state index < -0.39 is 0 Å². The average Bonchev–Trinajstić information content (AvgIpc) is 2.74. The van der Waals surface area contributed by atoms with Crippen LogP contribution in [0.2, 0.25) is 0 Å². The van der Waals surface area contributed by atoms with Crippen molar-refractivity contribution in [2.45, 2.75) is 19.4 Å². The lowest BCUT2D eigenvalue weighted by atomic mass is 10.1. The van der Waals surface area contributed by atoms with E-state index in [9.17, 15) is 9.59 Å². The van der Waals surface area contributed by atoms with Gasteiger partial charge in [0.05, 0.1) is 29.4 Å². The number of carbonyl (C=O) groups excluding carboxylic acids is 1. The number of aromatic nitrogens is 2. The van der Waals surface area contributed by atoms with Crippen LogP contribution >= 0.6 is 0 Å². The highest BCUT2D eigenvalue weighted by molar-refractivity contribution is 5.89. The third kappa shape index (κ3) is 4.17. The molecule has 2 N–H and O–H groups in total. The molecule has 0 unspecified atom stereocenters. The van der Waals surface area contributed by atoms with E-state index in [0.29, 0.717) is 42.0 Å². The van der Waals surface area contributed by atoms with Crippen LogP contribution in [0.3, 0.4) is 0 Å². The quantitative estimate of drug-likeness (QED) is 0.724. The monoisotopic (exact) mass is 385 g/mol. The molecule has 4 rings (SSSR count). The van der Waals surface area contributed by atoms with Gasteiger partial charge in [0.1, 0.15) is 5.82 Å². The number of amides is 2. The van der Waals surface area contributed by atoms with E-state index in [4.69, 9.17) is 5.26 Å². The Labute approximate surface area is 167 Å². The fourth-order valence-corrected chi connectivity index (χ4v) is 3.39. The van der Waals surface area contributed by atoms with Gasteiger partial charge in [-0.25, -0.2) is 9.78 Å². The molecule has 3 aromatic rings. The summed E-state index contributed by atoms with van der Waals surface area (Å²) in [6, 6.07) is 18.3. The van der Waals surface area contributed by atoms with Crippen molar-refractivity contribution in [2.24, 2.45) is 0 Å². The van der Waals surface area contributed by atoms with Crippen LogP contribution in [0.1, 0.15) is 28.2 Å². The zero-order chi connectivity index (χ0) is 20.2. The summed E-state index contributed by atoms with van der Waals surface area (Å²) >= 11 is 0. The maximum Gasteiger partial charge on any atom is 0.322 e. The van der Waals surface area contributed by atoms with Crippen LogP contribution in [-0.4, -0.2) is 27.4 Å². The molecule has 1 aromatic heterocycles. The summed E-state index contributed by atoms with van der Waals surface area (Å²) in [5.41, 5.74) is 3.16. The number of fused-ring (bicyclic) bond motifs is 1. The van der Waals surface area contributed by atoms with E-state index in [1.54, 1.807) is 29.2 Å². The molecule has 0 saturated heterocycles. The van der Waals surface area contributed by atoms with E-state index in [-0.39, 0.29) is 18.1 Å². The minimum absolute atomic E-state index is 0.201. The fraction of sp³-hybridized carbons (Fsp3) is 0.182. The van der Waals surface area contributed by atoms with Gasteiger partial charge in [-0.3, -0.25) is 4.79 Å². The van der Waals surface area contributed by atoms with Crippen LogP contribution in [0.4, 0.5) is 10.5 Å². The van der Waals surface area contributed by atoms with Gasteiger partial charge in [0.25, 0.3) is 5.56 Å². The molecule has 2 aromatic carbocycles. The van der Waals surface area contributed by atoms with Crippen LogP contribution in [0, 0.1) is 11.3 Å². The summed E-state index contributed by atoms with van der Waals surface area (Å²) in [5.74, 6) is 0.631. The molecular formula is C22H19N5O2. The highest BCUT2D eigenvalue weighted by Gasteiger charge is 2.24. The topological polar surface area (TPSA) is 102 Å². The predicted molar refractivity (Wildman–Crippen MR) is 108 cm³/mol. The first-order valence-corrected chi connectivity index (χ1v) is 9.33. The molecule has 0 bridgehead atoms. The number of carbonyl (C=O) groups is 1. The highest BCUT2D eigenvalue weighted by Crippen LogP contribution is 2.17. The van der Waals surface area contributed by atoms with Crippen molar-refractivity contribution in [3.05, 3.63) is 93.2 Å². The molecule has 7 heteroatoms. The summed E-state index contributed by atoms with van der Waals surface area (Å²) in [6.45, 7) is 0.672. The lowest BCUT2D eigenvalue weighted by molar-refractivity contribution is 0.205. The lowest BCUT2D eigenvalue weighted by Crippen LogP contribution is -2.42. The molecule has 144 valence electrons. The number of H-pyrrole nitrogens is 1. The Kier molecular flexibility index (Phi) is 5.08. The summed E-state index contributed by atoms with van der Waals surface area (Å²) < 4.78 is 0. The molecule has 0 aliphatic carbocycles. The van der Waals surface area contributed by atoms with Crippen LogP contribution in [-0.2, 0) is 19.4 Å². The molecule has 0 atom stereocenters. The number of nitriles is 1. The van der Waals surface area contributed by atoms with Gasteiger partial charge in [-0.1, -0.05) is 36.4 Å². The Morgan fingerprint density at radius 3 is 2.83 bits per heavy atom. The van der Waals surface area contributed by atoms with Gasteiger partial charge < -0.3 is 15.2 Å². The third-order valence-corrected chi connectivity index (χ3v) is 4.86. The normalized spacial score (nSPS) is 12.7. The summed E-state index contributed by atoms with van der Waals surface area (Å²) in [4.78, 5) is 34.2. The van der Waals surface area contributed by atoms with Crippen molar-refractivity contribution in [1.82, 2.24) is 14.9 Å². The molecule has 2 heterocycles. The molecule has 0 fully saturated rings. The van der Waals surface area contributed by atoms with E-state index >= 15 is 0 Å². The first-order valence-electron chi connectivity index (χ1n) is 9.33. The van der Waals surface area contributed by atoms with Crippen LogP contribution in [0.15, 0.2) is 59.4 Å². The molecule has 29 heavy (non-hydrogen) atoms. The van der Waals surface area contributed by atoms with Gasteiger partial charge in [-0.05, 0) is 23.8 Å². The molecule has 7 nitrogen and oxygen atoms in total. The predicted octanol–water partition coefficient (Wildman–Crippen LogP) is 2.82. The molecule has 0 spiro atoms. The van der Waals surface area contributed by atoms with Crippen LogP contribution in [0.5, 0.6) is 0 Å². The van der Waals surface area contributed by atoms with Crippen molar-refractivity contribution in [2.75, 3.05) is 11.9 Å². The van der Waals surface area contributed by atoms with Gasteiger partial charge in [0.2, 0.25) is 0 Å². The first kappa shape index (κ1) is 18.4. The molecule has 0 radical (unpaired) electrons. The maximum atomic E-state index is 12.6. The Bertz CT molecular complexity index is 1150. The number of urea groups is 1. The molecular weight excluding hydrogens is 366 g/mol. The number of nitrogens with one attached hydrogen (secondary N) is 2. The fourth-order valence-electron chi connectivity index (χ4n) is 3.39. The number of hydrogen-bond acceptors (Lipinski definition) is 4. The second-order valence-corrected chi connectivity index (χ2v) is 6.89. The zero-order valence-electron chi connectivity index (χ0n) is 15.7. The largest absolute Gasteiger partial charge is 0.322 e. The Morgan fingerprint density at radius 2 is 2.03 bits per heavy atom. The van der Waals surface area contributed by atoms with Crippen molar-refractivity contribution in [3.8, 4) is 6.07 Å². The standard InChI is InChI=1S/C22H19N5O2/c23-13-16-7-4-8-17(11-16)24-22(29)27-10-9-19-18(14-27)21(28)26-20(25-19)12-15-5-2-1-3-6-15/h1-8,11H,9-10,12,14H2,(H,24,29)(H,25,26,28). The molecule has 1 aliphatic rings. The number of rotatable bonds is 3. The molecule has 1 aliphatic heterocycles. The molecule has 0 saturated carbocycles. The van der Waals surface area contributed by atoms with E-state index in [0.717, 1.165) is 11.3 Å².